The van der Waals surface area contributed by atoms with Gasteiger partial charge in [0.25, 0.3) is 5.91 Å². The maximum absolute atomic E-state index is 11.5. The van der Waals surface area contributed by atoms with Crippen LogP contribution in [0.4, 0.5) is 5.82 Å². The van der Waals surface area contributed by atoms with E-state index in [-0.39, 0.29) is 11.5 Å². The highest BCUT2D eigenvalue weighted by Gasteiger charge is 2.15. The summed E-state index contributed by atoms with van der Waals surface area (Å²) >= 11 is 0. The van der Waals surface area contributed by atoms with Crippen molar-refractivity contribution in [3.8, 4) is 0 Å². The summed E-state index contributed by atoms with van der Waals surface area (Å²) in [5.41, 5.74) is 0.0292. The molecule has 1 rings (SSSR count). The standard InChI is InChI=1S/C9H15N5O3/c1-13(2)5-3-4-10-9(15)7-6-8(12-11-7)14(16)17/h6H,3-5H2,1-2H3,(H,10,15)(H,11,12). The van der Waals surface area contributed by atoms with Crippen molar-refractivity contribution >= 4 is 11.7 Å². The molecule has 1 aromatic heterocycles. The van der Waals surface area contributed by atoms with Gasteiger partial charge in [-0.1, -0.05) is 5.10 Å². The molecule has 17 heavy (non-hydrogen) atoms. The third-order valence-corrected chi connectivity index (χ3v) is 2.06. The first-order valence-electron chi connectivity index (χ1n) is 5.13. The normalized spacial score (nSPS) is 10.5. The van der Waals surface area contributed by atoms with Crippen LogP contribution in [-0.2, 0) is 0 Å². The predicted molar refractivity (Wildman–Crippen MR) is 60.7 cm³/mol. The molecule has 0 spiro atoms. The predicted octanol–water partition coefficient (Wildman–Crippen LogP) is -0.000600. The molecule has 8 nitrogen and oxygen atoms in total. The second-order valence-electron chi connectivity index (χ2n) is 3.81. The van der Waals surface area contributed by atoms with Gasteiger partial charge in [-0.25, -0.2) is 0 Å². The topological polar surface area (TPSA) is 104 Å². The Labute approximate surface area is 98.1 Å². The number of nitrogens with zero attached hydrogens (tertiary/aromatic N) is 3. The van der Waals surface area contributed by atoms with Crippen molar-refractivity contribution < 1.29 is 9.72 Å². The minimum Gasteiger partial charge on any atom is -0.358 e. The van der Waals surface area contributed by atoms with Crippen molar-refractivity contribution in [3.05, 3.63) is 21.9 Å². The molecule has 0 saturated heterocycles. The lowest BCUT2D eigenvalue weighted by Crippen LogP contribution is -2.27. The number of aromatic nitrogens is 2. The maximum atomic E-state index is 11.5. The summed E-state index contributed by atoms with van der Waals surface area (Å²) in [5, 5.41) is 18.7. The van der Waals surface area contributed by atoms with Crippen LogP contribution in [0, 0.1) is 10.1 Å². The Bertz CT molecular complexity index is 401. The van der Waals surface area contributed by atoms with Gasteiger partial charge in [0.15, 0.2) is 5.69 Å². The van der Waals surface area contributed by atoms with Crippen LogP contribution in [-0.4, -0.2) is 53.1 Å². The number of amides is 1. The van der Waals surface area contributed by atoms with E-state index >= 15 is 0 Å². The van der Waals surface area contributed by atoms with Crippen LogP contribution in [0.2, 0.25) is 0 Å². The Morgan fingerprint density at radius 1 is 1.65 bits per heavy atom. The van der Waals surface area contributed by atoms with Crippen molar-refractivity contribution in [1.82, 2.24) is 20.4 Å². The van der Waals surface area contributed by atoms with E-state index < -0.39 is 10.8 Å². The quantitative estimate of drug-likeness (QED) is 0.414. The summed E-state index contributed by atoms with van der Waals surface area (Å²) in [6.07, 6.45) is 0.811. The third-order valence-electron chi connectivity index (χ3n) is 2.06. The van der Waals surface area contributed by atoms with Crippen LogP contribution in [0.3, 0.4) is 0 Å². The molecule has 1 heterocycles. The van der Waals surface area contributed by atoms with Gasteiger partial charge in [0, 0.05) is 6.54 Å². The van der Waals surface area contributed by atoms with Gasteiger partial charge in [-0.15, -0.1) is 5.10 Å². The zero-order valence-electron chi connectivity index (χ0n) is 9.77. The molecule has 0 bridgehead atoms. The number of hydrogen-bond donors (Lipinski definition) is 2. The number of H-pyrrole nitrogens is 1. The minimum absolute atomic E-state index is 0.0292. The van der Waals surface area contributed by atoms with E-state index in [0.717, 1.165) is 19.0 Å². The third kappa shape index (κ3) is 4.19. The second kappa shape index (κ2) is 5.94. The Morgan fingerprint density at radius 2 is 2.35 bits per heavy atom. The van der Waals surface area contributed by atoms with Gasteiger partial charge in [-0.2, -0.15) is 0 Å². The average Bonchev–Trinajstić information content (AvgIpc) is 2.73. The first-order chi connectivity index (χ1) is 8.00. The molecule has 94 valence electrons. The molecule has 0 saturated carbocycles. The van der Waals surface area contributed by atoms with E-state index in [1.54, 1.807) is 0 Å². The van der Waals surface area contributed by atoms with Crippen LogP contribution in [0.5, 0.6) is 0 Å². The van der Waals surface area contributed by atoms with E-state index in [1.807, 2.05) is 19.0 Å². The van der Waals surface area contributed by atoms with E-state index in [2.05, 4.69) is 15.5 Å². The van der Waals surface area contributed by atoms with Crippen LogP contribution in [0.15, 0.2) is 6.07 Å². The van der Waals surface area contributed by atoms with Gasteiger partial charge in [0.1, 0.15) is 0 Å². The molecule has 0 atom stereocenters. The first kappa shape index (κ1) is 13.1. The fourth-order valence-corrected chi connectivity index (χ4v) is 1.21. The molecule has 1 aromatic rings. The molecule has 0 unspecified atom stereocenters. The number of hydrogen-bond acceptors (Lipinski definition) is 5. The average molecular weight is 241 g/mol. The van der Waals surface area contributed by atoms with Crippen LogP contribution in [0.1, 0.15) is 16.9 Å². The van der Waals surface area contributed by atoms with Gasteiger partial charge in [-0.05, 0) is 32.0 Å². The number of nitrogens with one attached hydrogen (secondary N) is 2. The lowest BCUT2D eigenvalue weighted by molar-refractivity contribution is -0.389. The minimum atomic E-state index is -0.629. The molecule has 0 aliphatic heterocycles. The van der Waals surface area contributed by atoms with Gasteiger partial charge < -0.3 is 20.3 Å². The van der Waals surface area contributed by atoms with Gasteiger partial charge >= 0.3 is 5.82 Å². The summed E-state index contributed by atoms with van der Waals surface area (Å²) in [4.78, 5) is 23.2. The molecule has 0 fully saturated rings. The van der Waals surface area contributed by atoms with Crippen molar-refractivity contribution in [3.63, 3.8) is 0 Å². The van der Waals surface area contributed by atoms with Gasteiger partial charge in [-0.3, -0.25) is 4.79 Å². The van der Waals surface area contributed by atoms with Gasteiger partial charge in [0.05, 0.1) is 6.07 Å². The first-order valence-corrected chi connectivity index (χ1v) is 5.13. The fraction of sp³-hybridized carbons (Fsp3) is 0.556. The van der Waals surface area contributed by atoms with Gasteiger partial charge in [0.2, 0.25) is 0 Å². The molecular formula is C9H15N5O3. The van der Waals surface area contributed by atoms with Crippen molar-refractivity contribution in [2.75, 3.05) is 27.2 Å². The van der Waals surface area contributed by atoms with Crippen molar-refractivity contribution in [2.45, 2.75) is 6.42 Å². The van der Waals surface area contributed by atoms with Crippen LogP contribution < -0.4 is 5.32 Å². The second-order valence-corrected chi connectivity index (χ2v) is 3.81. The Kier molecular flexibility index (Phi) is 4.58. The molecule has 0 aliphatic rings. The van der Waals surface area contributed by atoms with E-state index in [0.29, 0.717) is 6.54 Å². The molecule has 8 heteroatoms. The molecule has 0 radical (unpaired) electrons. The highest BCUT2D eigenvalue weighted by Crippen LogP contribution is 2.07. The zero-order valence-corrected chi connectivity index (χ0v) is 9.77. The molecule has 0 aliphatic carbocycles. The number of aromatic amines is 1. The van der Waals surface area contributed by atoms with Crippen LogP contribution in [0.25, 0.3) is 0 Å². The number of carbonyl (C=O) groups excluding carboxylic acids is 1. The number of rotatable bonds is 6. The van der Waals surface area contributed by atoms with Crippen molar-refractivity contribution in [1.29, 1.82) is 0 Å². The smallest absolute Gasteiger partial charge is 0.343 e. The largest absolute Gasteiger partial charge is 0.358 e. The summed E-state index contributed by atoms with van der Waals surface area (Å²) in [6.45, 7) is 1.37. The summed E-state index contributed by atoms with van der Waals surface area (Å²) in [7, 11) is 3.89. The highest BCUT2D eigenvalue weighted by molar-refractivity contribution is 5.92. The SMILES string of the molecule is CN(C)CCCNC(=O)c1cc([N+](=O)[O-])[nH]n1. The van der Waals surface area contributed by atoms with Crippen molar-refractivity contribution in [2.24, 2.45) is 0 Å². The lowest BCUT2D eigenvalue weighted by Gasteiger charge is -2.08. The molecule has 2 N–H and O–H groups in total. The monoisotopic (exact) mass is 241 g/mol. The molecular weight excluding hydrogens is 226 g/mol. The Morgan fingerprint density at radius 3 is 2.88 bits per heavy atom. The lowest BCUT2D eigenvalue weighted by atomic mass is 10.3. The zero-order chi connectivity index (χ0) is 12.8. The van der Waals surface area contributed by atoms with E-state index in [1.165, 1.54) is 0 Å². The van der Waals surface area contributed by atoms with E-state index in [4.69, 9.17) is 0 Å². The number of nitro groups is 1. The van der Waals surface area contributed by atoms with E-state index in [9.17, 15) is 14.9 Å². The number of carbonyl (C=O) groups is 1. The fourth-order valence-electron chi connectivity index (χ4n) is 1.21. The maximum Gasteiger partial charge on any atom is 0.343 e. The molecule has 1 amide bonds. The summed E-state index contributed by atoms with van der Waals surface area (Å²) < 4.78 is 0. The summed E-state index contributed by atoms with van der Waals surface area (Å²) in [6, 6.07) is 1.11. The molecule has 0 aromatic carbocycles. The van der Waals surface area contributed by atoms with Crippen LogP contribution >= 0.6 is 0 Å². The summed E-state index contributed by atoms with van der Waals surface area (Å²) in [5.74, 6) is -0.698. The Balaban J connectivity index is 2.39. The highest BCUT2D eigenvalue weighted by atomic mass is 16.6. The Hall–Kier alpha value is -1.96.